The van der Waals surface area contributed by atoms with Crippen LogP contribution in [0.2, 0.25) is 0 Å². The third kappa shape index (κ3) is 2.75. The summed E-state index contributed by atoms with van der Waals surface area (Å²) < 4.78 is 11.2. The molecule has 3 aliphatic rings. The zero-order chi connectivity index (χ0) is 16.5. The first-order valence-corrected chi connectivity index (χ1v) is 9.22. The summed E-state index contributed by atoms with van der Waals surface area (Å²) >= 11 is 0. The maximum Gasteiger partial charge on any atom is 0.254 e. The molecule has 2 atom stereocenters. The van der Waals surface area contributed by atoms with Gasteiger partial charge in [-0.1, -0.05) is 6.92 Å². The molecule has 0 bridgehead atoms. The summed E-state index contributed by atoms with van der Waals surface area (Å²) in [4.78, 5) is 17.7. The van der Waals surface area contributed by atoms with E-state index >= 15 is 0 Å². The Morgan fingerprint density at radius 3 is 2.67 bits per heavy atom. The van der Waals surface area contributed by atoms with Gasteiger partial charge in [-0.05, 0) is 57.0 Å². The largest absolute Gasteiger partial charge is 0.486 e. The van der Waals surface area contributed by atoms with E-state index in [-0.39, 0.29) is 5.91 Å². The number of fused-ring (bicyclic) bond motifs is 1. The van der Waals surface area contributed by atoms with Gasteiger partial charge in [0.05, 0.1) is 0 Å². The molecule has 0 aliphatic carbocycles. The van der Waals surface area contributed by atoms with Crippen LogP contribution in [0, 0.1) is 0 Å². The molecule has 0 radical (unpaired) electrons. The van der Waals surface area contributed by atoms with E-state index in [1.165, 1.54) is 19.4 Å². The average Bonchev–Trinajstić information content (AvgIpc) is 3.28. The zero-order valence-corrected chi connectivity index (χ0v) is 14.4. The highest BCUT2D eigenvalue weighted by molar-refractivity contribution is 5.95. The highest BCUT2D eigenvalue weighted by Crippen LogP contribution is 2.34. The van der Waals surface area contributed by atoms with Gasteiger partial charge in [0.15, 0.2) is 11.5 Å². The van der Waals surface area contributed by atoms with Crippen LogP contribution in [0.1, 0.15) is 43.0 Å². The number of ether oxygens (including phenoxy) is 2. The van der Waals surface area contributed by atoms with Gasteiger partial charge in [0, 0.05) is 24.2 Å². The van der Waals surface area contributed by atoms with Crippen molar-refractivity contribution in [2.24, 2.45) is 0 Å². The Morgan fingerprint density at radius 1 is 1.08 bits per heavy atom. The van der Waals surface area contributed by atoms with Gasteiger partial charge in [0.1, 0.15) is 13.2 Å². The molecule has 1 amide bonds. The first-order chi connectivity index (χ1) is 11.8. The second-order valence-electron chi connectivity index (χ2n) is 6.90. The third-order valence-electron chi connectivity index (χ3n) is 5.61. The lowest BCUT2D eigenvalue weighted by molar-refractivity contribution is 0.0649. The predicted molar refractivity (Wildman–Crippen MR) is 91.8 cm³/mol. The predicted octanol–water partition coefficient (Wildman–Crippen LogP) is 2.55. The molecule has 2 fully saturated rings. The van der Waals surface area contributed by atoms with Gasteiger partial charge < -0.3 is 14.4 Å². The normalized spacial score (nSPS) is 26.8. The summed E-state index contributed by atoms with van der Waals surface area (Å²) in [5.74, 6) is 1.57. The van der Waals surface area contributed by atoms with Crippen LogP contribution in [0.4, 0.5) is 0 Å². The van der Waals surface area contributed by atoms with Crippen molar-refractivity contribution >= 4 is 5.91 Å². The highest BCUT2D eigenvalue weighted by Gasteiger charge is 2.39. The number of benzene rings is 1. The minimum atomic E-state index is 0.137. The molecule has 5 nitrogen and oxygen atoms in total. The lowest BCUT2D eigenvalue weighted by atomic mass is 10.0. The molecule has 0 N–H and O–H groups in total. The fourth-order valence-corrected chi connectivity index (χ4v) is 4.47. The lowest BCUT2D eigenvalue weighted by Gasteiger charge is -2.34. The average molecular weight is 330 g/mol. The summed E-state index contributed by atoms with van der Waals surface area (Å²) in [6, 6.07) is 6.46. The van der Waals surface area contributed by atoms with Gasteiger partial charge in [-0.15, -0.1) is 0 Å². The molecule has 2 unspecified atom stereocenters. The number of amides is 1. The van der Waals surface area contributed by atoms with Crippen LogP contribution in [-0.4, -0.2) is 60.6 Å². The Labute approximate surface area is 143 Å². The van der Waals surface area contributed by atoms with Crippen LogP contribution in [0.25, 0.3) is 0 Å². The molecule has 5 heteroatoms. The van der Waals surface area contributed by atoms with E-state index in [4.69, 9.17) is 9.47 Å². The second kappa shape index (κ2) is 6.63. The number of likely N-dealkylation sites (tertiary alicyclic amines) is 2. The summed E-state index contributed by atoms with van der Waals surface area (Å²) in [5.41, 5.74) is 0.715. The zero-order valence-electron chi connectivity index (χ0n) is 14.4. The van der Waals surface area contributed by atoms with Gasteiger partial charge in [-0.25, -0.2) is 0 Å². The van der Waals surface area contributed by atoms with E-state index in [2.05, 4.69) is 16.7 Å². The van der Waals surface area contributed by atoms with E-state index in [0.29, 0.717) is 36.6 Å². The van der Waals surface area contributed by atoms with Crippen LogP contribution in [0.5, 0.6) is 11.5 Å². The lowest BCUT2D eigenvalue weighted by Crippen LogP contribution is -2.48. The number of hydrogen-bond donors (Lipinski definition) is 0. The first kappa shape index (κ1) is 15.8. The van der Waals surface area contributed by atoms with Crippen molar-refractivity contribution in [1.82, 2.24) is 9.80 Å². The summed E-state index contributed by atoms with van der Waals surface area (Å²) in [7, 11) is 0. The summed E-state index contributed by atoms with van der Waals surface area (Å²) in [5, 5.41) is 0. The van der Waals surface area contributed by atoms with Crippen LogP contribution >= 0.6 is 0 Å². The van der Waals surface area contributed by atoms with E-state index < -0.39 is 0 Å². The maximum atomic E-state index is 13.1. The highest BCUT2D eigenvalue weighted by atomic mass is 16.6. The third-order valence-corrected chi connectivity index (χ3v) is 5.61. The van der Waals surface area contributed by atoms with Crippen molar-refractivity contribution in [2.45, 2.75) is 44.7 Å². The van der Waals surface area contributed by atoms with Crippen molar-refractivity contribution in [2.75, 3.05) is 32.8 Å². The Morgan fingerprint density at radius 2 is 1.83 bits per heavy atom. The standard InChI is InChI=1S/C19H26N2O3/c1-2-20-9-3-5-15(20)16-6-4-10-21(16)19(22)14-7-8-17-18(13-14)24-12-11-23-17/h7-8,13,15-16H,2-6,9-12H2,1H3. The number of nitrogens with zero attached hydrogens (tertiary/aromatic N) is 2. The number of carbonyl (C=O) groups excluding carboxylic acids is 1. The Kier molecular flexibility index (Phi) is 4.35. The van der Waals surface area contributed by atoms with E-state index in [0.717, 1.165) is 31.7 Å². The van der Waals surface area contributed by atoms with Crippen LogP contribution in [0.3, 0.4) is 0 Å². The molecule has 4 rings (SSSR count). The molecule has 2 saturated heterocycles. The van der Waals surface area contributed by atoms with Crippen molar-refractivity contribution in [1.29, 1.82) is 0 Å². The molecule has 130 valence electrons. The Hall–Kier alpha value is -1.75. The van der Waals surface area contributed by atoms with E-state index in [9.17, 15) is 4.79 Å². The number of likely N-dealkylation sites (N-methyl/N-ethyl adjacent to an activating group) is 1. The Balaban J connectivity index is 1.55. The fourth-order valence-electron chi connectivity index (χ4n) is 4.47. The first-order valence-electron chi connectivity index (χ1n) is 9.22. The molecular formula is C19H26N2O3. The van der Waals surface area contributed by atoms with Crippen LogP contribution in [0.15, 0.2) is 18.2 Å². The van der Waals surface area contributed by atoms with Gasteiger partial charge in [-0.3, -0.25) is 9.69 Å². The molecule has 0 saturated carbocycles. The van der Waals surface area contributed by atoms with E-state index in [1.807, 2.05) is 18.2 Å². The van der Waals surface area contributed by atoms with Crippen molar-refractivity contribution in [3.63, 3.8) is 0 Å². The smallest absolute Gasteiger partial charge is 0.254 e. The molecule has 3 aliphatic heterocycles. The van der Waals surface area contributed by atoms with Crippen molar-refractivity contribution in [3.05, 3.63) is 23.8 Å². The van der Waals surface area contributed by atoms with Crippen molar-refractivity contribution < 1.29 is 14.3 Å². The topological polar surface area (TPSA) is 42.0 Å². The van der Waals surface area contributed by atoms with Crippen LogP contribution in [-0.2, 0) is 0 Å². The SMILES string of the molecule is CCN1CCCC1C1CCCN1C(=O)c1ccc2c(c1)OCCO2. The fraction of sp³-hybridized carbons (Fsp3) is 0.632. The quantitative estimate of drug-likeness (QED) is 0.854. The van der Waals surface area contributed by atoms with Crippen LogP contribution < -0.4 is 9.47 Å². The number of hydrogen-bond acceptors (Lipinski definition) is 4. The van der Waals surface area contributed by atoms with Gasteiger partial charge in [0.2, 0.25) is 0 Å². The molecule has 1 aromatic rings. The molecule has 1 aromatic carbocycles. The van der Waals surface area contributed by atoms with Crippen molar-refractivity contribution in [3.8, 4) is 11.5 Å². The monoisotopic (exact) mass is 330 g/mol. The minimum Gasteiger partial charge on any atom is -0.486 e. The molecule has 0 aromatic heterocycles. The molecule has 0 spiro atoms. The second-order valence-corrected chi connectivity index (χ2v) is 6.90. The molecular weight excluding hydrogens is 304 g/mol. The maximum absolute atomic E-state index is 13.1. The van der Waals surface area contributed by atoms with Gasteiger partial charge >= 0.3 is 0 Å². The summed E-state index contributed by atoms with van der Waals surface area (Å²) in [6.07, 6.45) is 4.69. The molecule has 3 heterocycles. The summed E-state index contributed by atoms with van der Waals surface area (Å²) in [6.45, 7) is 6.46. The van der Waals surface area contributed by atoms with E-state index in [1.54, 1.807) is 0 Å². The minimum absolute atomic E-state index is 0.137. The van der Waals surface area contributed by atoms with Gasteiger partial charge in [0.25, 0.3) is 5.91 Å². The molecule has 24 heavy (non-hydrogen) atoms. The number of carbonyl (C=O) groups is 1. The van der Waals surface area contributed by atoms with Gasteiger partial charge in [-0.2, -0.15) is 0 Å². The Bertz CT molecular complexity index is 619. The number of rotatable bonds is 3.